The molecule has 0 radical (unpaired) electrons. The molecule has 0 unspecified atom stereocenters. The minimum atomic E-state index is -0.626. The first-order valence-electron chi connectivity index (χ1n) is 12.3. The highest BCUT2D eigenvalue weighted by molar-refractivity contribution is 6.30. The predicted molar refractivity (Wildman–Crippen MR) is 147 cm³/mol. The highest BCUT2D eigenvalue weighted by atomic mass is 35.5. The van der Waals surface area contributed by atoms with Crippen molar-refractivity contribution in [3.05, 3.63) is 88.4 Å². The van der Waals surface area contributed by atoms with E-state index in [0.29, 0.717) is 27.8 Å². The summed E-state index contributed by atoms with van der Waals surface area (Å²) in [4.78, 5) is 29.7. The number of halogens is 1. The minimum Gasteiger partial charge on any atom is -0.456 e. The van der Waals surface area contributed by atoms with Crippen LogP contribution in [0.25, 0.3) is 0 Å². The van der Waals surface area contributed by atoms with Gasteiger partial charge in [-0.1, -0.05) is 35.9 Å². The highest BCUT2D eigenvalue weighted by Crippen LogP contribution is 2.34. The quantitative estimate of drug-likeness (QED) is 0.350. The van der Waals surface area contributed by atoms with Gasteiger partial charge in [-0.3, -0.25) is 4.79 Å². The number of ether oxygens (including phenoxy) is 2. The number of nitrogens with zero attached hydrogens (tertiary/aromatic N) is 2. The maximum Gasteiger partial charge on any atom is 0.338 e. The highest BCUT2D eigenvalue weighted by Gasteiger charge is 2.28. The molecule has 194 valence electrons. The Kier molecular flexibility index (Phi) is 7.79. The number of amides is 1. The molecule has 0 saturated carbocycles. The smallest absolute Gasteiger partial charge is 0.338 e. The van der Waals surface area contributed by atoms with Crippen LogP contribution in [-0.4, -0.2) is 49.1 Å². The third kappa shape index (κ3) is 6.63. The molecular formula is C30H33ClN2O4. The lowest BCUT2D eigenvalue weighted by Gasteiger charge is -2.29. The number of anilines is 1. The van der Waals surface area contributed by atoms with Gasteiger partial charge in [-0.2, -0.15) is 0 Å². The fraction of sp³-hybridized carbons (Fsp3) is 0.333. The summed E-state index contributed by atoms with van der Waals surface area (Å²) >= 11 is 6.02. The lowest BCUT2D eigenvalue weighted by molar-refractivity contribution is -0.130. The van der Waals surface area contributed by atoms with Crippen molar-refractivity contribution in [2.75, 3.05) is 25.5 Å². The van der Waals surface area contributed by atoms with Crippen molar-refractivity contribution in [2.24, 2.45) is 0 Å². The molecular weight excluding hydrogens is 488 g/mol. The van der Waals surface area contributed by atoms with Gasteiger partial charge >= 0.3 is 5.97 Å². The van der Waals surface area contributed by atoms with Gasteiger partial charge in [0.25, 0.3) is 0 Å². The summed E-state index contributed by atoms with van der Waals surface area (Å²) in [5.41, 5.74) is 2.95. The Morgan fingerprint density at radius 3 is 2.16 bits per heavy atom. The number of carbonyl (C=O) groups excluding carboxylic acids is 2. The molecule has 1 aliphatic carbocycles. The predicted octanol–water partition coefficient (Wildman–Crippen LogP) is 6.15. The molecule has 6 nitrogen and oxygen atoms in total. The summed E-state index contributed by atoms with van der Waals surface area (Å²) < 4.78 is 11.7. The number of esters is 1. The molecule has 0 N–H and O–H groups in total. The molecule has 1 aliphatic rings. The van der Waals surface area contributed by atoms with Gasteiger partial charge in [-0.25, -0.2) is 4.79 Å². The molecule has 3 aromatic rings. The van der Waals surface area contributed by atoms with Crippen LogP contribution in [0.4, 0.5) is 5.69 Å². The Balaban J connectivity index is 1.55. The first kappa shape index (κ1) is 26.6. The van der Waals surface area contributed by atoms with Gasteiger partial charge in [-0.15, -0.1) is 0 Å². The molecule has 1 amide bonds. The number of fused-ring (bicyclic) bond motifs is 1. The number of likely N-dealkylation sites (N-methyl/N-ethyl adjacent to an activating group) is 2. The fourth-order valence-electron chi connectivity index (χ4n) is 4.41. The van der Waals surface area contributed by atoms with E-state index in [2.05, 4.69) is 12.1 Å². The van der Waals surface area contributed by atoms with Gasteiger partial charge in [0, 0.05) is 25.2 Å². The Labute approximate surface area is 223 Å². The lowest BCUT2D eigenvalue weighted by Crippen LogP contribution is -2.43. The second-order valence-corrected chi connectivity index (χ2v) is 10.9. The molecule has 0 atom stereocenters. The Bertz CT molecular complexity index is 1260. The summed E-state index contributed by atoms with van der Waals surface area (Å²) in [5, 5.41) is 0.604. The molecule has 7 heteroatoms. The van der Waals surface area contributed by atoms with Gasteiger partial charge in [-0.05, 0) is 87.2 Å². The van der Waals surface area contributed by atoms with E-state index in [0.717, 1.165) is 12.8 Å². The normalized spacial score (nSPS) is 13.1. The average molecular weight is 521 g/mol. The van der Waals surface area contributed by atoms with E-state index in [1.165, 1.54) is 11.1 Å². The summed E-state index contributed by atoms with van der Waals surface area (Å²) in [6.45, 7) is 5.60. The van der Waals surface area contributed by atoms with E-state index in [1.54, 1.807) is 47.4 Å². The monoisotopic (exact) mass is 520 g/mol. The van der Waals surface area contributed by atoms with Crippen LogP contribution < -0.4 is 9.64 Å². The van der Waals surface area contributed by atoms with Crippen molar-refractivity contribution in [1.82, 2.24) is 4.90 Å². The van der Waals surface area contributed by atoms with E-state index in [-0.39, 0.29) is 18.5 Å². The van der Waals surface area contributed by atoms with Crippen LogP contribution in [0.15, 0.2) is 66.7 Å². The van der Waals surface area contributed by atoms with Crippen LogP contribution in [0.1, 0.15) is 42.3 Å². The Hall–Kier alpha value is -3.51. The second kappa shape index (κ2) is 10.9. The molecule has 0 aliphatic heterocycles. The zero-order chi connectivity index (χ0) is 26.7. The largest absolute Gasteiger partial charge is 0.456 e. The van der Waals surface area contributed by atoms with Crippen LogP contribution in [0, 0.1) is 0 Å². The number of rotatable bonds is 7. The van der Waals surface area contributed by atoms with Crippen molar-refractivity contribution in [3.8, 4) is 11.5 Å². The molecule has 4 rings (SSSR count). The van der Waals surface area contributed by atoms with Gasteiger partial charge < -0.3 is 19.3 Å². The van der Waals surface area contributed by atoms with Crippen LogP contribution in [0.3, 0.4) is 0 Å². The number of benzene rings is 3. The summed E-state index contributed by atoms with van der Waals surface area (Å²) in [6, 6.07) is 20.6. The van der Waals surface area contributed by atoms with Gasteiger partial charge in [0.1, 0.15) is 11.4 Å². The first-order chi connectivity index (χ1) is 17.5. The first-order valence-corrected chi connectivity index (χ1v) is 12.7. The zero-order valence-corrected chi connectivity index (χ0v) is 22.7. The number of hydrogen-bond acceptors (Lipinski definition) is 5. The molecule has 0 bridgehead atoms. The Morgan fingerprint density at radius 2 is 1.57 bits per heavy atom. The number of carbonyl (C=O) groups is 2. The van der Waals surface area contributed by atoms with Crippen molar-refractivity contribution in [2.45, 2.75) is 45.3 Å². The van der Waals surface area contributed by atoms with Crippen LogP contribution >= 0.6 is 11.6 Å². The maximum absolute atomic E-state index is 13.3. The van der Waals surface area contributed by atoms with E-state index < -0.39 is 11.6 Å². The molecule has 0 spiro atoms. The summed E-state index contributed by atoms with van der Waals surface area (Å²) in [7, 11) is 3.67. The topological polar surface area (TPSA) is 59.1 Å². The third-order valence-electron chi connectivity index (χ3n) is 6.39. The van der Waals surface area contributed by atoms with Crippen LogP contribution in [0.2, 0.25) is 5.02 Å². The van der Waals surface area contributed by atoms with E-state index in [4.69, 9.17) is 21.1 Å². The zero-order valence-electron chi connectivity index (χ0n) is 22.0. The summed E-state index contributed by atoms with van der Waals surface area (Å²) in [5.74, 6) is 0.657. The van der Waals surface area contributed by atoms with Crippen molar-refractivity contribution < 1.29 is 19.1 Å². The summed E-state index contributed by atoms with van der Waals surface area (Å²) in [6.07, 6.45) is 1.70. The minimum absolute atomic E-state index is 0.0135. The van der Waals surface area contributed by atoms with Crippen molar-refractivity contribution in [3.63, 3.8) is 0 Å². The molecule has 0 heterocycles. The van der Waals surface area contributed by atoms with Gasteiger partial charge in [0.15, 0.2) is 5.75 Å². The van der Waals surface area contributed by atoms with Gasteiger partial charge in [0.2, 0.25) is 5.91 Å². The van der Waals surface area contributed by atoms with E-state index in [9.17, 15) is 9.59 Å². The second-order valence-electron chi connectivity index (χ2n) is 10.4. The molecule has 0 saturated heterocycles. The molecule has 0 aromatic heterocycles. The standard InChI is InChI=1S/C30H33ClN2O4/c1-30(2,3)37-29(35)22-10-15-27(36-25-13-11-23(31)12-14-25)26(18-22)32(4)19-28(34)33(5)24-16-20-8-6-7-9-21(20)17-24/h6-15,18,24H,16-17,19H2,1-5H3. The third-order valence-corrected chi connectivity index (χ3v) is 6.64. The Morgan fingerprint density at radius 1 is 0.946 bits per heavy atom. The molecule has 0 fully saturated rings. The SMILES string of the molecule is CN(CC(=O)N(C)C1Cc2ccccc2C1)c1cc(C(=O)OC(C)(C)C)ccc1Oc1ccc(Cl)cc1. The lowest BCUT2D eigenvalue weighted by atomic mass is 10.1. The van der Waals surface area contributed by atoms with Crippen LogP contribution in [-0.2, 0) is 22.4 Å². The molecule has 37 heavy (non-hydrogen) atoms. The van der Waals surface area contributed by atoms with Crippen molar-refractivity contribution in [1.29, 1.82) is 0 Å². The average Bonchev–Trinajstić information content (AvgIpc) is 3.28. The number of hydrogen-bond donors (Lipinski definition) is 0. The van der Waals surface area contributed by atoms with Crippen molar-refractivity contribution >= 4 is 29.2 Å². The van der Waals surface area contributed by atoms with E-state index in [1.807, 2.05) is 51.9 Å². The fourth-order valence-corrected chi connectivity index (χ4v) is 4.53. The van der Waals surface area contributed by atoms with Gasteiger partial charge in [0.05, 0.1) is 17.8 Å². The maximum atomic E-state index is 13.3. The molecule has 3 aromatic carbocycles. The van der Waals surface area contributed by atoms with Crippen LogP contribution in [0.5, 0.6) is 11.5 Å². The van der Waals surface area contributed by atoms with E-state index >= 15 is 0 Å².